The van der Waals surface area contributed by atoms with Gasteiger partial charge in [-0.1, -0.05) is 0 Å². The highest BCUT2D eigenvalue weighted by Gasteiger charge is 2.03. The van der Waals surface area contributed by atoms with Crippen LogP contribution in [0.3, 0.4) is 0 Å². The zero-order valence-corrected chi connectivity index (χ0v) is 14.5. The zero-order valence-electron chi connectivity index (χ0n) is 14.5. The number of carbonyl (C=O) groups is 2. The summed E-state index contributed by atoms with van der Waals surface area (Å²) < 4.78 is 5.39. The van der Waals surface area contributed by atoms with Crippen LogP contribution in [0, 0.1) is 0 Å². The second-order valence-corrected chi connectivity index (χ2v) is 5.27. The summed E-state index contributed by atoms with van der Waals surface area (Å²) in [7, 11) is 4.16. The van der Waals surface area contributed by atoms with Crippen molar-refractivity contribution in [3.8, 4) is 5.75 Å². The van der Waals surface area contributed by atoms with Crippen LogP contribution in [-0.4, -0.2) is 60.3 Å². The summed E-state index contributed by atoms with van der Waals surface area (Å²) in [6, 6.07) is 8.53. The minimum absolute atomic E-state index is 0.438. The second kappa shape index (κ2) is 12.0. The lowest BCUT2D eigenvalue weighted by Crippen LogP contribution is -2.29. The monoisotopic (exact) mass is 338 g/mol. The number of ether oxygens (including phenoxy) is 1. The van der Waals surface area contributed by atoms with Crippen LogP contribution < -0.4 is 10.1 Å². The molecule has 7 nitrogen and oxygen atoms in total. The van der Waals surface area contributed by atoms with Crippen LogP contribution in [0.1, 0.15) is 13.8 Å². The topological polar surface area (TPSA) is 99.1 Å². The number of benzene rings is 1. The molecule has 1 aromatic rings. The number of anilines is 1. The maximum Gasteiger partial charge on any atom is 0.328 e. The van der Waals surface area contributed by atoms with Gasteiger partial charge in [-0.05, 0) is 52.2 Å². The molecule has 0 saturated carbocycles. The molecule has 0 bridgehead atoms. The number of likely N-dealkylation sites (N-methyl/N-ethyl adjacent to an activating group) is 1. The standard InChI is InChI=1S/C13H22N2O.C4H4O4/c1-5-16-13-8-6-12(7-9-13)14-11(2)10-15(3)4;5-3(6)1-2-4(7)8/h6-9,11,14H,5,10H2,1-4H3;1-2H,(H,5,6)(H,7,8)/b;2-1+. The fourth-order valence-corrected chi connectivity index (χ4v) is 1.83. The van der Waals surface area contributed by atoms with Gasteiger partial charge in [-0.3, -0.25) is 0 Å². The number of nitrogens with one attached hydrogen (secondary N) is 1. The second-order valence-electron chi connectivity index (χ2n) is 5.27. The van der Waals surface area contributed by atoms with Gasteiger partial charge in [0.25, 0.3) is 0 Å². The third-order valence-corrected chi connectivity index (χ3v) is 2.59. The Labute approximate surface area is 142 Å². The summed E-state index contributed by atoms with van der Waals surface area (Å²) in [5, 5.41) is 19.1. The van der Waals surface area contributed by atoms with E-state index in [-0.39, 0.29) is 0 Å². The summed E-state index contributed by atoms with van der Waals surface area (Å²) in [5.74, 6) is -1.59. The van der Waals surface area contributed by atoms with Gasteiger partial charge in [-0.25, -0.2) is 9.59 Å². The molecule has 0 aliphatic carbocycles. The first kappa shape index (κ1) is 21.5. The molecule has 3 N–H and O–H groups in total. The van der Waals surface area contributed by atoms with E-state index >= 15 is 0 Å². The van der Waals surface area contributed by atoms with Gasteiger partial charge in [0.05, 0.1) is 6.61 Å². The van der Waals surface area contributed by atoms with Crippen molar-refractivity contribution in [1.82, 2.24) is 4.90 Å². The lowest BCUT2D eigenvalue weighted by atomic mass is 10.2. The highest BCUT2D eigenvalue weighted by molar-refractivity contribution is 5.89. The van der Waals surface area contributed by atoms with E-state index in [0.717, 1.165) is 18.0 Å². The smallest absolute Gasteiger partial charge is 0.328 e. The lowest BCUT2D eigenvalue weighted by molar-refractivity contribution is -0.134. The summed E-state index contributed by atoms with van der Waals surface area (Å²) >= 11 is 0. The SMILES string of the molecule is CCOc1ccc(NC(C)CN(C)C)cc1.O=C(O)/C=C/C(=O)O. The fourth-order valence-electron chi connectivity index (χ4n) is 1.83. The van der Waals surface area contributed by atoms with Crippen molar-refractivity contribution < 1.29 is 24.5 Å². The lowest BCUT2D eigenvalue weighted by Gasteiger charge is -2.19. The van der Waals surface area contributed by atoms with Crippen molar-refractivity contribution in [3.63, 3.8) is 0 Å². The van der Waals surface area contributed by atoms with Gasteiger partial charge in [-0.2, -0.15) is 0 Å². The molecular weight excluding hydrogens is 312 g/mol. The summed E-state index contributed by atoms with van der Waals surface area (Å²) in [6.45, 7) is 5.90. The van der Waals surface area contributed by atoms with Gasteiger partial charge in [-0.15, -0.1) is 0 Å². The normalized spacial score (nSPS) is 11.5. The molecular formula is C17H26N2O5. The number of carboxylic acid groups (broad SMARTS) is 2. The molecule has 1 atom stereocenters. The Morgan fingerprint density at radius 1 is 1.17 bits per heavy atom. The molecule has 0 fully saturated rings. The first-order valence-corrected chi connectivity index (χ1v) is 7.52. The summed E-state index contributed by atoms with van der Waals surface area (Å²) in [4.78, 5) is 21.3. The molecule has 0 heterocycles. The molecule has 0 radical (unpaired) electrons. The maximum atomic E-state index is 9.55. The van der Waals surface area contributed by atoms with E-state index in [1.165, 1.54) is 0 Å². The predicted octanol–water partition coefficient (Wildman–Crippen LogP) is 2.16. The van der Waals surface area contributed by atoms with Crippen molar-refractivity contribution in [1.29, 1.82) is 0 Å². The van der Waals surface area contributed by atoms with E-state index in [2.05, 4.69) is 43.4 Å². The Kier molecular flexibility index (Phi) is 10.7. The quantitative estimate of drug-likeness (QED) is 0.625. The average Bonchev–Trinajstić information content (AvgIpc) is 2.47. The largest absolute Gasteiger partial charge is 0.494 e. The number of hydrogen-bond acceptors (Lipinski definition) is 5. The Morgan fingerprint density at radius 2 is 1.67 bits per heavy atom. The first-order valence-electron chi connectivity index (χ1n) is 7.52. The molecule has 134 valence electrons. The molecule has 0 spiro atoms. The van der Waals surface area contributed by atoms with Gasteiger partial charge in [0.1, 0.15) is 5.75 Å². The highest BCUT2D eigenvalue weighted by atomic mass is 16.5. The van der Waals surface area contributed by atoms with Crippen LogP contribution in [0.15, 0.2) is 36.4 Å². The minimum atomic E-state index is -1.26. The van der Waals surface area contributed by atoms with E-state index in [9.17, 15) is 9.59 Å². The molecule has 0 saturated heterocycles. The Morgan fingerprint density at radius 3 is 2.04 bits per heavy atom. The van der Waals surface area contributed by atoms with Gasteiger partial charge >= 0.3 is 11.9 Å². The van der Waals surface area contributed by atoms with E-state index in [1.807, 2.05) is 19.1 Å². The molecule has 24 heavy (non-hydrogen) atoms. The van der Waals surface area contributed by atoms with Crippen molar-refractivity contribution in [2.45, 2.75) is 19.9 Å². The van der Waals surface area contributed by atoms with E-state index in [4.69, 9.17) is 14.9 Å². The van der Waals surface area contributed by atoms with Crippen molar-refractivity contribution in [2.75, 3.05) is 32.6 Å². The van der Waals surface area contributed by atoms with E-state index < -0.39 is 11.9 Å². The zero-order chi connectivity index (χ0) is 18.5. The van der Waals surface area contributed by atoms with E-state index in [1.54, 1.807) is 0 Å². The van der Waals surface area contributed by atoms with Crippen LogP contribution in [0.5, 0.6) is 5.75 Å². The summed E-state index contributed by atoms with van der Waals surface area (Å²) in [5.41, 5.74) is 1.14. The van der Waals surface area contributed by atoms with Crippen molar-refractivity contribution >= 4 is 17.6 Å². The number of carboxylic acids is 2. The number of hydrogen-bond donors (Lipinski definition) is 3. The van der Waals surface area contributed by atoms with Gasteiger partial charge in [0.2, 0.25) is 0 Å². The Hall–Kier alpha value is -2.54. The number of aliphatic carboxylic acids is 2. The number of rotatable bonds is 8. The van der Waals surface area contributed by atoms with Crippen molar-refractivity contribution in [2.24, 2.45) is 0 Å². The van der Waals surface area contributed by atoms with E-state index in [0.29, 0.717) is 24.8 Å². The van der Waals surface area contributed by atoms with Gasteiger partial charge in [0.15, 0.2) is 0 Å². The molecule has 0 aliphatic heterocycles. The molecule has 0 amide bonds. The fraction of sp³-hybridized carbons (Fsp3) is 0.412. The molecule has 7 heteroatoms. The van der Waals surface area contributed by atoms with Crippen LogP contribution in [0.4, 0.5) is 5.69 Å². The first-order chi connectivity index (χ1) is 11.2. The highest BCUT2D eigenvalue weighted by Crippen LogP contribution is 2.16. The third-order valence-electron chi connectivity index (χ3n) is 2.59. The van der Waals surface area contributed by atoms with Crippen LogP contribution in [-0.2, 0) is 9.59 Å². The Balaban J connectivity index is 0.000000561. The molecule has 1 rings (SSSR count). The van der Waals surface area contributed by atoms with Crippen LogP contribution in [0.25, 0.3) is 0 Å². The maximum absolute atomic E-state index is 9.55. The van der Waals surface area contributed by atoms with Crippen LogP contribution in [0.2, 0.25) is 0 Å². The summed E-state index contributed by atoms with van der Waals surface area (Å²) in [6.07, 6.45) is 1.12. The minimum Gasteiger partial charge on any atom is -0.494 e. The third kappa shape index (κ3) is 12.0. The molecule has 0 aliphatic rings. The van der Waals surface area contributed by atoms with Gasteiger partial charge < -0.3 is 25.2 Å². The molecule has 1 unspecified atom stereocenters. The van der Waals surface area contributed by atoms with Gasteiger partial charge in [0, 0.05) is 30.4 Å². The average molecular weight is 338 g/mol. The molecule has 0 aromatic heterocycles. The van der Waals surface area contributed by atoms with Crippen LogP contribution >= 0.6 is 0 Å². The Bertz CT molecular complexity index is 510. The number of nitrogens with zero attached hydrogens (tertiary/aromatic N) is 1. The molecule has 1 aromatic carbocycles. The predicted molar refractivity (Wildman–Crippen MR) is 93.7 cm³/mol. The van der Waals surface area contributed by atoms with Crippen molar-refractivity contribution in [3.05, 3.63) is 36.4 Å².